The van der Waals surface area contributed by atoms with Crippen LogP contribution in [-0.2, 0) is 9.53 Å². The molecule has 7 nitrogen and oxygen atoms in total. The molecule has 1 aromatic heterocycles. The summed E-state index contributed by atoms with van der Waals surface area (Å²) in [5, 5.41) is 2.74. The highest BCUT2D eigenvalue weighted by atomic mass is 16.5. The molecule has 1 unspecified atom stereocenters. The first kappa shape index (κ1) is 18.6. The molecule has 0 radical (unpaired) electrons. The van der Waals surface area contributed by atoms with Gasteiger partial charge in [0.25, 0.3) is 5.91 Å². The number of benzene rings is 1. The van der Waals surface area contributed by atoms with E-state index >= 15 is 0 Å². The van der Waals surface area contributed by atoms with Crippen LogP contribution >= 0.6 is 0 Å². The normalized spacial score (nSPS) is 18.9. The number of carbonyl (C=O) groups is 2. The molecule has 1 aliphatic heterocycles. The summed E-state index contributed by atoms with van der Waals surface area (Å²) in [5.41, 5.74) is -0.515. The number of methoxy groups -OCH3 is 1. The maximum absolute atomic E-state index is 12.4. The van der Waals surface area contributed by atoms with Crippen molar-refractivity contribution in [2.45, 2.75) is 26.3 Å². The van der Waals surface area contributed by atoms with Gasteiger partial charge in [-0.1, -0.05) is 32.0 Å². The minimum atomic E-state index is -0.930. The number of nitrogens with zero attached hydrogens (tertiary/aromatic N) is 2. The van der Waals surface area contributed by atoms with Crippen LogP contribution in [-0.4, -0.2) is 35.3 Å². The van der Waals surface area contributed by atoms with Crippen LogP contribution in [0.25, 0.3) is 0 Å². The maximum Gasteiger partial charge on any atom is 0.340 e. The quantitative estimate of drug-likeness (QED) is 0.821. The fourth-order valence-corrected chi connectivity index (χ4v) is 2.61. The fraction of sp³-hybridized carbons (Fsp3) is 0.300. The summed E-state index contributed by atoms with van der Waals surface area (Å²) < 4.78 is 10.6. The molecular formula is C20H21N3O4. The molecule has 0 spiro atoms. The summed E-state index contributed by atoms with van der Waals surface area (Å²) >= 11 is 0. The summed E-state index contributed by atoms with van der Waals surface area (Å²) in [5.74, 6) is 0.277. The predicted octanol–water partition coefficient (Wildman–Crippen LogP) is 2.95. The number of nitrogens with one attached hydrogen (secondary N) is 1. The molecule has 1 N–H and O–H groups in total. The number of esters is 1. The lowest BCUT2D eigenvalue weighted by Gasteiger charge is -2.21. The standard InChI is InChI=1S/C20H21N3O4/c1-12(2)20(3)19(25)22-17(23-20)16-14(18(24)26-4)10-11-15(21-16)27-13-8-6-5-7-9-13/h5-12H,1-4H3,(H,22,23,25). The van der Waals surface area contributed by atoms with Gasteiger partial charge in [0.05, 0.1) is 12.7 Å². The fourth-order valence-electron chi connectivity index (χ4n) is 2.61. The van der Waals surface area contributed by atoms with E-state index in [4.69, 9.17) is 9.47 Å². The molecular weight excluding hydrogens is 346 g/mol. The number of pyridine rings is 1. The molecule has 0 bridgehead atoms. The van der Waals surface area contributed by atoms with Gasteiger partial charge < -0.3 is 14.8 Å². The summed E-state index contributed by atoms with van der Waals surface area (Å²) in [4.78, 5) is 33.5. The second-order valence-corrected chi connectivity index (χ2v) is 6.67. The van der Waals surface area contributed by atoms with Gasteiger partial charge in [-0.3, -0.25) is 4.79 Å². The number of amidine groups is 1. The number of rotatable bonds is 5. The minimum absolute atomic E-state index is 0.0275. The van der Waals surface area contributed by atoms with E-state index in [1.165, 1.54) is 7.11 Å². The van der Waals surface area contributed by atoms with Crippen LogP contribution in [0.2, 0.25) is 0 Å². The van der Waals surface area contributed by atoms with Crippen molar-refractivity contribution in [3.05, 3.63) is 53.7 Å². The molecule has 1 aromatic carbocycles. The van der Waals surface area contributed by atoms with E-state index in [0.29, 0.717) is 5.75 Å². The SMILES string of the molecule is COC(=O)c1ccc(Oc2ccccc2)nc1C1=NC(C)(C(C)C)C(=O)N1. The molecule has 3 rings (SSSR count). The number of aromatic nitrogens is 1. The van der Waals surface area contributed by atoms with Gasteiger partial charge in [0.1, 0.15) is 17.0 Å². The molecule has 0 saturated carbocycles. The Labute approximate surface area is 157 Å². The van der Waals surface area contributed by atoms with Gasteiger partial charge in [-0.05, 0) is 31.0 Å². The van der Waals surface area contributed by atoms with Crippen LogP contribution in [0.3, 0.4) is 0 Å². The van der Waals surface area contributed by atoms with Gasteiger partial charge in [-0.15, -0.1) is 0 Å². The van der Waals surface area contributed by atoms with Crippen molar-refractivity contribution in [1.29, 1.82) is 0 Å². The Morgan fingerprint density at radius 3 is 2.44 bits per heavy atom. The molecule has 2 aromatic rings. The zero-order valence-electron chi connectivity index (χ0n) is 15.6. The molecule has 27 heavy (non-hydrogen) atoms. The van der Waals surface area contributed by atoms with Crippen LogP contribution < -0.4 is 10.1 Å². The van der Waals surface area contributed by atoms with Gasteiger partial charge in [0, 0.05) is 6.07 Å². The van der Waals surface area contributed by atoms with Crippen molar-refractivity contribution in [2.75, 3.05) is 7.11 Å². The third kappa shape index (κ3) is 3.53. The van der Waals surface area contributed by atoms with Crippen LogP contribution in [0.15, 0.2) is 47.5 Å². The first-order chi connectivity index (χ1) is 12.8. The lowest BCUT2D eigenvalue weighted by molar-refractivity contribution is -0.124. The minimum Gasteiger partial charge on any atom is -0.465 e. The number of hydrogen-bond acceptors (Lipinski definition) is 6. The van der Waals surface area contributed by atoms with Crippen LogP contribution in [0.5, 0.6) is 11.6 Å². The summed E-state index contributed by atoms with van der Waals surface area (Å²) in [6.07, 6.45) is 0. The Balaban J connectivity index is 2.05. The van der Waals surface area contributed by atoms with E-state index in [1.54, 1.807) is 31.2 Å². The Morgan fingerprint density at radius 1 is 1.15 bits per heavy atom. The van der Waals surface area contributed by atoms with Crippen molar-refractivity contribution in [3.63, 3.8) is 0 Å². The van der Waals surface area contributed by atoms with E-state index in [-0.39, 0.29) is 34.8 Å². The Bertz CT molecular complexity index is 909. The van der Waals surface area contributed by atoms with Crippen molar-refractivity contribution in [1.82, 2.24) is 10.3 Å². The molecule has 0 aliphatic carbocycles. The highest BCUT2D eigenvalue weighted by Crippen LogP contribution is 2.28. The van der Waals surface area contributed by atoms with Crippen molar-refractivity contribution in [2.24, 2.45) is 10.9 Å². The molecule has 2 heterocycles. The maximum atomic E-state index is 12.4. The van der Waals surface area contributed by atoms with Crippen LogP contribution in [0, 0.1) is 5.92 Å². The van der Waals surface area contributed by atoms with Crippen molar-refractivity contribution >= 4 is 17.7 Å². The summed E-state index contributed by atoms with van der Waals surface area (Å²) in [6.45, 7) is 5.58. The Hall–Kier alpha value is -3.22. The summed E-state index contributed by atoms with van der Waals surface area (Å²) in [7, 11) is 1.29. The lowest BCUT2D eigenvalue weighted by Crippen LogP contribution is -2.41. The van der Waals surface area contributed by atoms with Crippen LogP contribution in [0.1, 0.15) is 36.8 Å². The van der Waals surface area contributed by atoms with Gasteiger partial charge in [-0.25, -0.2) is 14.8 Å². The largest absolute Gasteiger partial charge is 0.465 e. The third-order valence-corrected chi connectivity index (χ3v) is 4.62. The van der Waals surface area contributed by atoms with E-state index in [0.717, 1.165) is 0 Å². The Kier molecular flexibility index (Phi) is 4.94. The first-order valence-electron chi connectivity index (χ1n) is 8.59. The van der Waals surface area contributed by atoms with E-state index in [9.17, 15) is 9.59 Å². The second-order valence-electron chi connectivity index (χ2n) is 6.67. The highest BCUT2D eigenvalue weighted by Gasteiger charge is 2.43. The average molecular weight is 367 g/mol. The van der Waals surface area contributed by atoms with E-state index in [2.05, 4.69) is 15.3 Å². The molecule has 0 fully saturated rings. The van der Waals surface area contributed by atoms with Gasteiger partial charge in [0.2, 0.25) is 5.88 Å². The number of hydrogen-bond donors (Lipinski definition) is 1. The monoisotopic (exact) mass is 367 g/mol. The molecule has 7 heteroatoms. The lowest BCUT2D eigenvalue weighted by atomic mass is 9.89. The molecule has 1 atom stereocenters. The molecule has 140 valence electrons. The topological polar surface area (TPSA) is 89.9 Å². The predicted molar refractivity (Wildman–Crippen MR) is 100 cm³/mol. The Morgan fingerprint density at radius 2 is 1.85 bits per heavy atom. The second kappa shape index (κ2) is 7.19. The molecule has 1 aliphatic rings. The van der Waals surface area contributed by atoms with E-state index in [1.807, 2.05) is 32.0 Å². The summed E-state index contributed by atoms with van der Waals surface area (Å²) in [6, 6.07) is 12.3. The van der Waals surface area contributed by atoms with Crippen molar-refractivity contribution in [3.8, 4) is 11.6 Å². The van der Waals surface area contributed by atoms with E-state index < -0.39 is 11.5 Å². The van der Waals surface area contributed by atoms with Gasteiger partial charge in [-0.2, -0.15) is 0 Å². The van der Waals surface area contributed by atoms with Gasteiger partial charge in [0.15, 0.2) is 5.84 Å². The number of ether oxygens (including phenoxy) is 2. The van der Waals surface area contributed by atoms with Gasteiger partial charge >= 0.3 is 5.97 Å². The first-order valence-corrected chi connectivity index (χ1v) is 8.59. The zero-order chi connectivity index (χ0) is 19.6. The molecule has 1 amide bonds. The zero-order valence-corrected chi connectivity index (χ0v) is 15.6. The third-order valence-electron chi connectivity index (χ3n) is 4.62. The van der Waals surface area contributed by atoms with Crippen molar-refractivity contribution < 1.29 is 19.1 Å². The molecule has 0 saturated heterocycles. The average Bonchev–Trinajstić information content (AvgIpc) is 2.98. The smallest absolute Gasteiger partial charge is 0.340 e. The number of aliphatic imine (C=N–C) groups is 1. The number of amides is 1. The van der Waals surface area contributed by atoms with Crippen LogP contribution in [0.4, 0.5) is 0 Å². The highest BCUT2D eigenvalue weighted by molar-refractivity contribution is 6.17. The number of carbonyl (C=O) groups excluding carboxylic acids is 2. The number of para-hydroxylation sites is 1.